The Morgan fingerprint density at radius 1 is 1.00 bits per heavy atom. The van der Waals surface area contributed by atoms with Crippen LogP contribution in [0.1, 0.15) is 31.9 Å². The lowest BCUT2D eigenvalue weighted by Crippen LogP contribution is -2.14. The summed E-state index contributed by atoms with van der Waals surface area (Å²) in [6.45, 7) is 12.1. The zero-order valence-electron chi connectivity index (χ0n) is 21.4. The summed E-state index contributed by atoms with van der Waals surface area (Å²) < 4.78 is 14.7. The van der Waals surface area contributed by atoms with E-state index in [9.17, 15) is 0 Å². The molecule has 7 nitrogen and oxygen atoms in total. The highest BCUT2D eigenvalue weighted by molar-refractivity contribution is 5.86. The summed E-state index contributed by atoms with van der Waals surface area (Å²) in [6, 6.07) is 22.0. The Kier molecular flexibility index (Phi) is 6.77. The summed E-state index contributed by atoms with van der Waals surface area (Å²) >= 11 is 0. The van der Waals surface area contributed by atoms with Crippen LogP contribution in [0.3, 0.4) is 0 Å². The number of aromatic nitrogens is 5. The molecule has 0 unspecified atom stereocenters. The van der Waals surface area contributed by atoms with E-state index in [-0.39, 0.29) is 5.41 Å². The minimum Gasteiger partial charge on any atom is -0.489 e. The van der Waals surface area contributed by atoms with Crippen LogP contribution in [0.4, 0.5) is 0 Å². The van der Waals surface area contributed by atoms with Crippen LogP contribution in [-0.4, -0.2) is 25.2 Å². The maximum absolute atomic E-state index is 6.32. The summed E-state index contributed by atoms with van der Waals surface area (Å²) in [5, 5.41) is 15.1. The first-order valence-electron chi connectivity index (χ1n) is 12.3. The molecule has 37 heavy (non-hydrogen) atoms. The Morgan fingerprint density at radius 3 is 2.57 bits per heavy atom. The van der Waals surface area contributed by atoms with Crippen molar-refractivity contribution in [3.63, 3.8) is 0 Å². The van der Waals surface area contributed by atoms with Gasteiger partial charge in [-0.3, -0.25) is 0 Å². The number of hydrogen-bond acceptors (Lipinski definition) is 5. The lowest BCUT2D eigenvalue weighted by atomic mass is 9.97. The van der Waals surface area contributed by atoms with Crippen LogP contribution >= 0.6 is 0 Å². The number of benzene rings is 3. The number of hydrogen-bond donors (Lipinski definition) is 1. The molecule has 0 saturated carbocycles. The van der Waals surface area contributed by atoms with Crippen molar-refractivity contribution in [1.82, 2.24) is 25.2 Å². The molecule has 5 rings (SSSR count). The van der Waals surface area contributed by atoms with Crippen LogP contribution in [0.2, 0.25) is 0 Å². The van der Waals surface area contributed by atoms with Crippen LogP contribution < -0.4 is 9.47 Å². The van der Waals surface area contributed by atoms with Gasteiger partial charge in [0, 0.05) is 34.8 Å². The van der Waals surface area contributed by atoms with Gasteiger partial charge in [-0.25, -0.2) is 5.10 Å². The number of fused-ring (bicyclic) bond motifs is 1. The lowest BCUT2D eigenvalue weighted by Gasteiger charge is -2.20. The molecule has 0 spiro atoms. The number of H-pyrrole nitrogens is 1. The summed E-state index contributed by atoms with van der Waals surface area (Å²) in [7, 11) is 0. The van der Waals surface area contributed by atoms with Gasteiger partial charge in [-0.2, -0.15) is 0 Å². The zero-order valence-corrected chi connectivity index (χ0v) is 21.4. The first-order valence-corrected chi connectivity index (χ1v) is 12.3. The van der Waals surface area contributed by atoms with Gasteiger partial charge in [-0.1, -0.05) is 39.0 Å². The van der Waals surface area contributed by atoms with Crippen LogP contribution in [0.15, 0.2) is 85.6 Å². The first kappa shape index (κ1) is 24.3. The lowest BCUT2D eigenvalue weighted by molar-refractivity contribution is 0.303. The third-order valence-corrected chi connectivity index (χ3v) is 6.02. The Labute approximate surface area is 216 Å². The van der Waals surface area contributed by atoms with Crippen LogP contribution in [0.25, 0.3) is 22.3 Å². The average Bonchev–Trinajstić information content (AvgIpc) is 3.54. The SMILES string of the molecule is C=CCc1c(OCc2cccc(Oc3ccc(-c4nnn[nH]4)cc3)c2)ccc2c1ccn2CC(C)(C)C. The molecule has 1 N–H and O–H groups in total. The third kappa shape index (κ3) is 5.72. The minimum atomic E-state index is 0.198. The molecule has 3 aromatic carbocycles. The number of allylic oxidation sites excluding steroid dienone is 1. The number of aromatic amines is 1. The van der Waals surface area contributed by atoms with E-state index >= 15 is 0 Å². The second-order valence-electron chi connectivity index (χ2n) is 10.3. The topological polar surface area (TPSA) is 77.8 Å². The first-order chi connectivity index (χ1) is 17.9. The molecular formula is C30H31N5O2. The van der Waals surface area contributed by atoms with Crippen LogP contribution in [-0.2, 0) is 19.6 Å². The number of rotatable bonds is 9. The highest BCUT2D eigenvalue weighted by Gasteiger charge is 2.16. The van der Waals surface area contributed by atoms with Gasteiger partial charge in [-0.05, 0) is 82.4 Å². The van der Waals surface area contributed by atoms with Crippen LogP contribution in [0, 0.1) is 5.41 Å². The third-order valence-electron chi connectivity index (χ3n) is 6.02. The molecular weight excluding hydrogens is 462 g/mol. The molecule has 5 aromatic rings. The quantitative estimate of drug-likeness (QED) is 0.224. The Hall–Kier alpha value is -4.39. The van der Waals surface area contributed by atoms with Crippen molar-refractivity contribution in [2.75, 3.05) is 0 Å². The van der Waals surface area contributed by atoms with E-state index in [0.29, 0.717) is 12.4 Å². The van der Waals surface area contributed by atoms with Crippen molar-refractivity contribution in [3.05, 3.63) is 96.7 Å². The van der Waals surface area contributed by atoms with Gasteiger partial charge in [0.25, 0.3) is 0 Å². The summed E-state index contributed by atoms with van der Waals surface area (Å²) in [5.74, 6) is 2.97. The second-order valence-corrected chi connectivity index (χ2v) is 10.3. The number of tetrazole rings is 1. The van der Waals surface area contributed by atoms with E-state index in [0.717, 1.165) is 46.9 Å². The Balaban J connectivity index is 1.30. The average molecular weight is 494 g/mol. The molecule has 0 saturated heterocycles. The number of nitrogens with one attached hydrogen (secondary N) is 1. The molecule has 0 fully saturated rings. The number of ether oxygens (including phenoxy) is 2. The van der Waals surface area contributed by atoms with Crippen molar-refractivity contribution < 1.29 is 9.47 Å². The largest absolute Gasteiger partial charge is 0.489 e. The highest BCUT2D eigenvalue weighted by atomic mass is 16.5. The van der Waals surface area contributed by atoms with Gasteiger partial charge in [0.05, 0.1) is 0 Å². The summed E-state index contributed by atoms with van der Waals surface area (Å²) in [5.41, 5.74) is 4.50. The van der Waals surface area contributed by atoms with Gasteiger partial charge >= 0.3 is 0 Å². The fourth-order valence-corrected chi connectivity index (χ4v) is 4.41. The predicted octanol–water partition coefficient (Wildman–Crippen LogP) is 6.97. The van der Waals surface area contributed by atoms with Crippen molar-refractivity contribution in [2.45, 2.75) is 40.3 Å². The molecule has 0 bridgehead atoms. The molecule has 0 atom stereocenters. The monoisotopic (exact) mass is 493 g/mol. The predicted molar refractivity (Wildman–Crippen MR) is 146 cm³/mol. The van der Waals surface area contributed by atoms with Crippen molar-refractivity contribution in [2.24, 2.45) is 5.41 Å². The van der Waals surface area contributed by atoms with Crippen LogP contribution in [0.5, 0.6) is 17.2 Å². The zero-order chi connectivity index (χ0) is 25.8. The van der Waals surface area contributed by atoms with E-state index in [4.69, 9.17) is 9.47 Å². The second kappa shape index (κ2) is 10.3. The fraction of sp³-hybridized carbons (Fsp3) is 0.233. The van der Waals surface area contributed by atoms with Crippen molar-refractivity contribution in [3.8, 4) is 28.6 Å². The molecule has 7 heteroatoms. The smallest absolute Gasteiger partial charge is 0.179 e. The molecule has 0 radical (unpaired) electrons. The molecule has 0 aliphatic rings. The molecule has 0 aliphatic carbocycles. The van der Waals surface area contributed by atoms with E-state index < -0.39 is 0 Å². The van der Waals surface area contributed by atoms with Crippen molar-refractivity contribution >= 4 is 10.9 Å². The molecule has 0 aliphatic heterocycles. The van der Waals surface area contributed by atoms with Crippen molar-refractivity contribution in [1.29, 1.82) is 0 Å². The Bertz CT molecular complexity index is 1500. The van der Waals surface area contributed by atoms with Gasteiger partial charge in [0.15, 0.2) is 5.82 Å². The normalized spacial score (nSPS) is 11.5. The molecule has 0 amide bonds. The van der Waals surface area contributed by atoms with E-state index in [2.05, 4.69) is 76.9 Å². The van der Waals surface area contributed by atoms with Gasteiger partial charge in [0.1, 0.15) is 23.9 Å². The maximum Gasteiger partial charge on any atom is 0.179 e. The number of nitrogens with zero attached hydrogens (tertiary/aromatic N) is 4. The molecule has 2 aromatic heterocycles. The minimum absolute atomic E-state index is 0.198. The van der Waals surface area contributed by atoms with E-state index in [1.165, 1.54) is 10.9 Å². The fourth-order valence-electron chi connectivity index (χ4n) is 4.41. The molecule has 2 heterocycles. The maximum atomic E-state index is 6.32. The van der Waals surface area contributed by atoms with Gasteiger partial charge in [-0.15, -0.1) is 11.7 Å². The van der Waals surface area contributed by atoms with Gasteiger partial charge in [0.2, 0.25) is 0 Å². The summed E-state index contributed by atoms with van der Waals surface area (Å²) in [6.07, 6.45) is 4.85. The Morgan fingerprint density at radius 2 is 1.84 bits per heavy atom. The highest BCUT2D eigenvalue weighted by Crippen LogP contribution is 2.32. The molecule has 188 valence electrons. The summed E-state index contributed by atoms with van der Waals surface area (Å²) in [4.78, 5) is 0. The standard InChI is InChI=1S/C30H31N5O2/c1-5-7-26-25-16-17-35(20-30(2,3)4)27(25)14-15-28(26)36-19-21-8-6-9-24(18-21)37-23-12-10-22(11-13-23)29-31-33-34-32-29/h5-6,8-18H,1,7,19-20H2,2-4H3,(H,31,32,33,34). The van der Waals surface area contributed by atoms with E-state index in [1.54, 1.807) is 0 Å². The van der Waals surface area contributed by atoms with E-state index in [1.807, 2.05) is 54.6 Å². The van der Waals surface area contributed by atoms with Gasteiger partial charge < -0.3 is 14.0 Å².